The number of carbonyl (C=O) groups is 4. The number of Topliss-reactive ketones (excluding diaryl/α,β-unsaturated/α-hetero) is 1. The predicted octanol–water partition coefficient (Wildman–Crippen LogP) is 5.92. The Morgan fingerprint density at radius 2 is 1.72 bits per heavy atom. The molecule has 2 bridgehead atoms. The molecule has 3 aromatic heterocycles. The van der Waals surface area contributed by atoms with E-state index < -0.39 is 35.1 Å². The van der Waals surface area contributed by atoms with Crippen LogP contribution in [0.4, 0.5) is 19.0 Å². The molecule has 0 unspecified atom stereocenters. The van der Waals surface area contributed by atoms with Crippen molar-refractivity contribution in [2.24, 2.45) is 5.41 Å². The summed E-state index contributed by atoms with van der Waals surface area (Å²) in [4.78, 5) is 68.8. The summed E-state index contributed by atoms with van der Waals surface area (Å²) >= 11 is 0. The highest BCUT2D eigenvalue weighted by atomic mass is 19.4. The summed E-state index contributed by atoms with van der Waals surface area (Å²) in [5.74, 6) is -0.481. The maximum Gasteiger partial charge on any atom is 0.433 e. The number of aromatic nitrogens is 5. The van der Waals surface area contributed by atoms with Gasteiger partial charge in [-0.15, -0.1) is 0 Å². The quantitative estimate of drug-likeness (QED) is 0.239. The number of anilines is 1. The number of hydrogen-bond donors (Lipinski definition) is 2. The van der Waals surface area contributed by atoms with Gasteiger partial charge in [0.1, 0.15) is 35.6 Å². The fraction of sp³-hybridized carbons (Fsp3) is 0.487. The zero-order valence-electron chi connectivity index (χ0n) is 30.1. The third-order valence-corrected chi connectivity index (χ3v) is 11.4. The van der Waals surface area contributed by atoms with Gasteiger partial charge in [0.25, 0.3) is 0 Å². The van der Waals surface area contributed by atoms with Crippen LogP contribution in [0.2, 0.25) is 0 Å². The van der Waals surface area contributed by atoms with Crippen LogP contribution in [-0.2, 0) is 33.5 Å². The lowest BCUT2D eigenvalue weighted by molar-refractivity contribution is -0.141. The van der Waals surface area contributed by atoms with Crippen LogP contribution in [-0.4, -0.2) is 71.8 Å². The first kappa shape index (κ1) is 35.8. The van der Waals surface area contributed by atoms with Crippen molar-refractivity contribution in [1.29, 1.82) is 0 Å². The number of nitrogens with zero attached hydrogens (tertiary/aromatic N) is 6. The molecule has 2 saturated carbocycles. The number of halogens is 3. The van der Waals surface area contributed by atoms with Crippen molar-refractivity contribution in [3.63, 3.8) is 0 Å². The Morgan fingerprint density at radius 3 is 2.43 bits per heavy atom. The smallest absolute Gasteiger partial charge is 0.355 e. The van der Waals surface area contributed by atoms with Crippen LogP contribution in [0.3, 0.4) is 0 Å². The van der Waals surface area contributed by atoms with Crippen molar-refractivity contribution < 1.29 is 32.3 Å². The highest BCUT2D eigenvalue weighted by Gasteiger charge is 2.67. The van der Waals surface area contributed by atoms with Crippen LogP contribution in [0, 0.1) is 12.3 Å². The number of amides is 3. The van der Waals surface area contributed by atoms with E-state index in [-0.39, 0.29) is 48.8 Å². The van der Waals surface area contributed by atoms with Gasteiger partial charge in [0, 0.05) is 60.6 Å². The Morgan fingerprint density at radius 1 is 0.981 bits per heavy atom. The Balaban J connectivity index is 1.16. The van der Waals surface area contributed by atoms with Gasteiger partial charge in [0.05, 0.1) is 5.52 Å². The van der Waals surface area contributed by atoms with Gasteiger partial charge in [0.2, 0.25) is 17.7 Å². The molecule has 0 spiro atoms. The van der Waals surface area contributed by atoms with Gasteiger partial charge in [-0.1, -0.05) is 18.9 Å². The van der Waals surface area contributed by atoms with Crippen molar-refractivity contribution >= 4 is 40.2 Å². The van der Waals surface area contributed by atoms with Crippen molar-refractivity contribution in [2.75, 3.05) is 11.9 Å². The minimum atomic E-state index is -4.72. The minimum Gasteiger partial charge on any atom is -0.355 e. The van der Waals surface area contributed by atoms with Crippen LogP contribution in [0.25, 0.3) is 22.0 Å². The molecule has 15 heteroatoms. The van der Waals surface area contributed by atoms with Gasteiger partial charge in [-0.2, -0.15) is 18.3 Å². The van der Waals surface area contributed by atoms with E-state index in [1.165, 1.54) is 17.9 Å². The lowest BCUT2D eigenvalue weighted by atomic mass is 9.96. The molecule has 0 radical (unpaired) electrons. The second-order valence-electron chi connectivity index (χ2n) is 15.3. The average molecular weight is 743 g/mol. The fourth-order valence-electron chi connectivity index (χ4n) is 8.18. The minimum absolute atomic E-state index is 0.102. The van der Waals surface area contributed by atoms with Crippen LogP contribution < -0.4 is 10.6 Å². The van der Waals surface area contributed by atoms with E-state index in [1.54, 1.807) is 24.0 Å². The fourth-order valence-corrected chi connectivity index (χ4v) is 8.18. The lowest BCUT2D eigenvalue weighted by Gasteiger charge is -2.27. The number of piperidine rings is 1. The molecule has 4 aromatic rings. The van der Waals surface area contributed by atoms with E-state index in [2.05, 4.69) is 25.6 Å². The molecule has 3 amide bonds. The number of hydrogen-bond acceptors (Lipinski definition) is 8. The molecule has 1 saturated heterocycles. The molecule has 3 atom stereocenters. The summed E-state index contributed by atoms with van der Waals surface area (Å²) in [5, 5.41) is 10.9. The van der Waals surface area contributed by atoms with Crippen LogP contribution in [0.5, 0.6) is 0 Å². The largest absolute Gasteiger partial charge is 0.433 e. The molecular formula is C39H41F3N8O4. The van der Waals surface area contributed by atoms with Crippen LogP contribution >= 0.6 is 0 Å². The summed E-state index contributed by atoms with van der Waals surface area (Å²) in [6, 6.07) is 4.59. The Kier molecular flexibility index (Phi) is 9.00. The molecule has 2 aliphatic carbocycles. The molecule has 3 fully saturated rings. The standard InChI is InChI=1S/C39H41F3N8O4/c1-21-9-12-29(39(40,41)42)46-35(21)47-37(54)28-15-38-16-30(38)50(28)32(53)19-49-34-24(7-5-3-4-6-8-31(52)45-20-38)13-25(14-27(34)33(48-49)22(2)51)26-17-43-36(44-18-26)23-10-11-23/h9,12-14,17-18,23,28,30H,3-8,10-11,15-16,19-20H2,1-2H3,(H,45,52)(H,46,47,54)/t28-,30+,38-/m0/s1. The monoisotopic (exact) mass is 742 g/mol. The van der Waals surface area contributed by atoms with E-state index in [4.69, 9.17) is 5.10 Å². The van der Waals surface area contributed by atoms with Gasteiger partial charge in [-0.25, -0.2) is 15.0 Å². The number of nitrogens with one attached hydrogen (secondary N) is 2. The molecule has 12 nitrogen and oxygen atoms in total. The maximum atomic E-state index is 14.5. The van der Waals surface area contributed by atoms with Gasteiger partial charge >= 0.3 is 6.18 Å². The summed E-state index contributed by atoms with van der Waals surface area (Å²) in [5.41, 5.74) is 2.01. The van der Waals surface area contributed by atoms with Gasteiger partial charge < -0.3 is 15.5 Å². The number of benzene rings is 1. The Hall–Kier alpha value is -5.21. The summed E-state index contributed by atoms with van der Waals surface area (Å²) in [6.07, 6.45) is 6.01. The zero-order chi connectivity index (χ0) is 37.9. The molecule has 2 aliphatic heterocycles. The number of pyridine rings is 1. The predicted molar refractivity (Wildman–Crippen MR) is 191 cm³/mol. The summed E-state index contributed by atoms with van der Waals surface area (Å²) < 4.78 is 42.1. The van der Waals surface area contributed by atoms with Gasteiger partial charge in [-0.3, -0.25) is 23.9 Å². The van der Waals surface area contributed by atoms with E-state index in [0.717, 1.165) is 60.7 Å². The number of alkyl halides is 3. The van der Waals surface area contributed by atoms with E-state index in [0.29, 0.717) is 48.1 Å². The molecular weight excluding hydrogens is 701 g/mol. The number of rotatable bonds is 5. The molecule has 2 N–H and O–H groups in total. The SMILES string of the molecule is CC(=O)c1nn2c3c(cc(-c4cnc(C5CC5)nc4)cc13)CCCCCCC(=O)NC[C@@]13C[C@@H](C(=O)Nc4nc(C(F)(F)F)ccc4C)N(C(=O)C2)[C@@H]1C3. The van der Waals surface area contributed by atoms with E-state index in [9.17, 15) is 32.3 Å². The van der Waals surface area contributed by atoms with Gasteiger partial charge in [0.15, 0.2) is 5.78 Å². The molecule has 1 aromatic carbocycles. The van der Waals surface area contributed by atoms with Crippen molar-refractivity contribution in [2.45, 2.75) is 109 Å². The summed E-state index contributed by atoms with van der Waals surface area (Å²) in [6.45, 7) is 2.96. The highest BCUT2D eigenvalue weighted by molar-refractivity contribution is 6.07. The third kappa shape index (κ3) is 6.84. The molecule has 282 valence electrons. The van der Waals surface area contributed by atoms with Crippen LogP contribution in [0.15, 0.2) is 36.7 Å². The second-order valence-corrected chi connectivity index (χ2v) is 15.3. The molecule has 4 aliphatic rings. The first-order valence-electron chi connectivity index (χ1n) is 18.6. The first-order valence-corrected chi connectivity index (χ1v) is 18.6. The number of carbonyl (C=O) groups excluding carboxylic acids is 4. The van der Waals surface area contributed by atoms with Crippen molar-refractivity contribution in [3.8, 4) is 11.1 Å². The summed E-state index contributed by atoms with van der Waals surface area (Å²) in [7, 11) is 0. The van der Waals surface area contributed by atoms with Crippen molar-refractivity contribution in [1.82, 2.24) is 34.9 Å². The van der Waals surface area contributed by atoms with E-state index >= 15 is 0 Å². The number of aryl methyl sites for hydroxylation is 2. The maximum absolute atomic E-state index is 14.5. The molecule has 54 heavy (non-hydrogen) atoms. The Labute approximate surface area is 309 Å². The zero-order valence-corrected chi connectivity index (χ0v) is 30.1. The normalized spacial score (nSPS) is 23.5. The third-order valence-electron chi connectivity index (χ3n) is 11.4. The van der Waals surface area contributed by atoms with E-state index in [1.807, 2.05) is 12.1 Å². The lowest BCUT2D eigenvalue weighted by Crippen LogP contribution is -2.47. The number of ketones is 1. The molecule has 5 heterocycles. The highest BCUT2D eigenvalue weighted by Crippen LogP contribution is 2.59. The van der Waals surface area contributed by atoms with Crippen LogP contribution in [0.1, 0.15) is 104 Å². The average Bonchev–Trinajstić information content (AvgIpc) is 4.05. The Bertz CT molecular complexity index is 2180. The molecule has 8 rings (SSSR count). The first-order chi connectivity index (χ1) is 25.8. The van der Waals surface area contributed by atoms with Crippen molar-refractivity contribution in [3.05, 3.63) is 65.0 Å². The van der Waals surface area contributed by atoms with Gasteiger partial charge in [-0.05, 0) is 86.8 Å². The second kappa shape index (κ2) is 13.6. The topological polar surface area (TPSA) is 152 Å².